The molecular weight excluding hydrogens is 1380 g/mol. The van der Waals surface area contributed by atoms with Gasteiger partial charge < -0.3 is 75.6 Å². The first kappa shape index (κ1) is 94.9. The topological polar surface area (TPSA) is 291 Å². The molecule has 3 aromatic carbocycles. The van der Waals surface area contributed by atoms with Crippen molar-refractivity contribution in [3.05, 3.63) is 108 Å². The number of primary amides is 1. The second-order valence-electron chi connectivity index (χ2n) is 30.9. The summed E-state index contributed by atoms with van der Waals surface area (Å²) in [5.74, 6) is -2.65. The van der Waals surface area contributed by atoms with Crippen molar-refractivity contribution in [1.82, 2.24) is 64.1 Å². The molecule has 0 saturated heterocycles. The fourth-order valence-electron chi connectivity index (χ4n) is 12.8. The number of benzene rings is 3. The van der Waals surface area contributed by atoms with E-state index in [0.717, 1.165) is 16.7 Å². The van der Waals surface area contributed by atoms with Crippen LogP contribution in [0.4, 0.5) is 0 Å². The first-order valence-electron chi connectivity index (χ1n) is 39.7. The van der Waals surface area contributed by atoms with Crippen LogP contribution in [0, 0.1) is 17.8 Å². The fourth-order valence-corrected chi connectivity index (χ4v) is 12.8. The van der Waals surface area contributed by atoms with E-state index in [1.54, 1.807) is 44.1 Å². The zero-order valence-corrected chi connectivity index (χ0v) is 68.6. The molecular formula is C83H137N15O11. The second-order valence-corrected chi connectivity index (χ2v) is 30.9. The third-order valence-electron chi connectivity index (χ3n) is 18.8. The number of nitrogens with one attached hydrogen (secondary N) is 1. The average Bonchev–Trinajstić information content (AvgIpc) is 0.881. The van der Waals surface area contributed by atoms with Crippen molar-refractivity contribution in [2.75, 3.05) is 167 Å². The predicted molar refractivity (Wildman–Crippen MR) is 430 cm³/mol. The van der Waals surface area contributed by atoms with Crippen LogP contribution < -0.4 is 16.8 Å². The molecule has 0 aliphatic rings. The molecule has 3 aromatic rings. The number of hydrogen-bond donors (Lipinski definition) is 3. The third-order valence-corrected chi connectivity index (χ3v) is 18.8. The maximum atomic E-state index is 14.6. The highest BCUT2D eigenvalue weighted by molar-refractivity contribution is 5.87. The highest BCUT2D eigenvalue weighted by atomic mass is 16.2. The molecule has 3 rings (SSSR count). The van der Waals surface area contributed by atoms with Gasteiger partial charge >= 0.3 is 0 Å². The van der Waals surface area contributed by atoms with E-state index in [2.05, 4.69) is 5.32 Å². The Hall–Kier alpha value is -8.33. The molecule has 5 N–H and O–H groups in total. The highest BCUT2D eigenvalue weighted by Crippen LogP contribution is 2.17. The highest BCUT2D eigenvalue weighted by Gasteiger charge is 2.29. The zero-order chi connectivity index (χ0) is 80.8. The van der Waals surface area contributed by atoms with Crippen LogP contribution >= 0.6 is 0 Å². The molecule has 0 saturated carbocycles. The smallest absolute Gasteiger partial charge is 0.239 e. The van der Waals surface area contributed by atoms with Crippen LogP contribution in [0.25, 0.3) is 0 Å². The van der Waals surface area contributed by atoms with E-state index in [9.17, 15) is 52.7 Å². The number of carbonyl (C=O) groups is 11. The monoisotopic (exact) mass is 1520 g/mol. The van der Waals surface area contributed by atoms with Gasteiger partial charge in [-0.15, -0.1) is 0 Å². The van der Waals surface area contributed by atoms with Crippen molar-refractivity contribution < 1.29 is 52.7 Å². The molecule has 0 aliphatic carbocycles. The summed E-state index contributed by atoms with van der Waals surface area (Å²) in [6, 6.07) is 27.8. The quantitative estimate of drug-likeness (QED) is 0.0509. The second kappa shape index (κ2) is 53.5. The minimum Gasteiger partial charge on any atom is -0.368 e. The molecule has 0 aliphatic heterocycles. The molecule has 1 atom stereocenters. The number of amides is 11. The van der Waals surface area contributed by atoms with Gasteiger partial charge in [0.1, 0.15) is 6.04 Å². The van der Waals surface area contributed by atoms with Crippen LogP contribution in [-0.2, 0) is 72.4 Å². The number of unbranched alkanes of at least 4 members (excludes halogenated alkanes) is 1. The van der Waals surface area contributed by atoms with Crippen molar-refractivity contribution >= 4 is 65.0 Å². The molecule has 26 heteroatoms. The molecule has 0 bridgehead atoms. The molecule has 610 valence electrons. The predicted octanol–water partition coefficient (Wildman–Crippen LogP) is 6.50. The maximum Gasteiger partial charge on any atom is 0.239 e. The SMILES string of the molecule is CC(=O)N(CCC(=O)N(CCC(=O)N(CCCN(C)C)CCC(=O)N(CCC(=O)N(CCC(=O)N(CCCN(C)C)CCC(=O)N(CCC(=O)N(CCC(=O)N(CCCN(C)C)CCC(=O)N[C@@H](CCCCN)C(N)=O)CC(C)C)Cc1ccccc1)CC(C)C)Cc1ccccc1)CC(C)C)Cc1ccccc1. The molecule has 109 heavy (non-hydrogen) atoms. The molecule has 0 heterocycles. The number of nitrogens with zero attached hydrogens (tertiary/aromatic N) is 12. The van der Waals surface area contributed by atoms with E-state index >= 15 is 0 Å². The third kappa shape index (κ3) is 41.3. The summed E-state index contributed by atoms with van der Waals surface area (Å²) >= 11 is 0. The molecule has 11 amide bonds. The lowest BCUT2D eigenvalue weighted by molar-refractivity contribution is -0.139. The fraction of sp³-hybridized carbons (Fsp3) is 0.651. The van der Waals surface area contributed by atoms with Crippen molar-refractivity contribution in [3.8, 4) is 0 Å². The molecule has 26 nitrogen and oxygen atoms in total. The van der Waals surface area contributed by atoms with Gasteiger partial charge in [0.15, 0.2) is 0 Å². The van der Waals surface area contributed by atoms with Gasteiger partial charge in [0, 0.05) is 183 Å². The summed E-state index contributed by atoms with van der Waals surface area (Å²) in [6.45, 7) is 20.3. The zero-order valence-electron chi connectivity index (χ0n) is 68.6. The minimum atomic E-state index is -0.847. The first-order valence-corrected chi connectivity index (χ1v) is 39.7. The number of hydrogen-bond acceptors (Lipinski definition) is 15. The van der Waals surface area contributed by atoms with Crippen molar-refractivity contribution in [2.45, 2.75) is 170 Å². The Morgan fingerprint density at radius 3 is 0.853 bits per heavy atom. The van der Waals surface area contributed by atoms with Crippen molar-refractivity contribution in [2.24, 2.45) is 29.2 Å². The van der Waals surface area contributed by atoms with Crippen molar-refractivity contribution in [3.63, 3.8) is 0 Å². The Balaban J connectivity index is 1.79. The lowest BCUT2D eigenvalue weighted by atomic mass is 10.1. The summed E-state index contributed by atoms with van der Waals surface area (Å²) < 4.78 is 0. The lowest BCUT2D eigenvalue weighted by Gasteiger charge is -2.30. The van der Waals surface area contributed by atoms with Gasteiger partial charge in [-0.05, 0) is 141 Å². The molecule has 0 radical (unpaired) electrons. The van der Waals surface area contributed by atoms with Crippen LogP contribution in [0.3, 0.4) is 0 Å². The minimum absolute atomic E-state index is 0.00514. The van der Waals surface area contributed by atoms with Gasteiger partial charge in [-0.25, -0.2) is 0 Å². The van der Waals surface area contributed by atoms with E-state index in [0.29, 0.717) is 111 Å². The van der Waals surface area contributed by atoms with Gasteiger partial charge in [-0.2, -0.15) is 0 Å². The first-order chi connectivity index (χ1) is 51.8. The maximum absolute atomic E-state index is 14.6. The lowest BCUT2D eigenvalue weighted by Crippen LogP contribution is -2.46. The van der Waals surface area contributed by atoms with Crippen molar-refractivity contribution in [1.29, 1.82) is 0 Å². The van der Waals surface area contributed by atoms with Crippen LogP contribution in [0.5, 0.6) is 0 Å². The Labute approximate surface area is 652 Å². The average molecular weight is 1520 g/mol. The van der Waals surface area contributed by atoms with Crippen LogP contribution in [-0.4, -0.2) is 296 Å². The van der Waals surface area contributed by atoms with Gasteiger partial charge in [0.25, 0.3) is 0 Å². The van der Waals surface area contributed by atoms with Gasteiger partial charge in [0.2, 0.25) is 65.0 Å². The molecule has 0 fully saturated rings. The standard InChI is InChI=1S/C83H137N15O11/c1-66(2)60-94(78(104)38-54-93(69(7)99)63-70-28-17-14-18-29-70)56-40-76(102)91(49-26-46-88(10)11)52-36-81(107)98(65-72-32-21-16-22-33-72)59-43-80(106)96(62-68(5)6)57-41-77(103)92(50-27-47-89(12)13)53-37-82(108)97(64-71-30-19-15-20-31-71)58-42-79(105)95(61-67(3)4)55-39-75(101)90(48-25-45-87(8)9)51-35-74(100)86-73(83(85)109)34-23-24-44-84/h14-22,28-33,66-68,73H,23-27,34-65,84H2,1-13H3,(H2,85,109)(H,86,100)/t73-/m0/s1. The van der Waals surface area contributed by atoms with Gasteiger partial charge in [0.05, 0.1) is 0 Å². The number of carbonyl (C=O) groups excluding carboxylic acids is 11. The van der Waals surface area contributed by atoms with Gasteiger partial charge in [-0.1, -0.05) is 133 Å². The van der Waals surface area contributed by atoms with Crippen LogP contribution in [0.1, 0.15) is 161 Å². The van der Waals surface area contributed by atoms with E-state index < -0.39 is 17.9 Å². The Morgan fingerprint density at radius 1 is 0.321 bits per heavy atom. The van der Waals surface area contributed by atoms with Crippen LogP contribution in [0.15, 0.2) is 91.0 Å². The Morgan fingerprint density at radius 2 is 0.578 bits per heavy atom. The van der Waals surface area contributed by atoms with E-state index in [4.69, 9.17) is 11.5 Å². The molecule has 0 spiro atoms. The number of nitrogens with two attached hydrogens (primary N) is 2. The van der Waals surface area contributed by atoms with E-state index in [1.165, 1.54) is 6.92 Å². The summed E-state index contributed by atoms with van der Waals surface area (Å²) in [4.78, 5) is 174. The Bertz CT molecular complexity index is 3180. The largest absolute Gasteiger partial charge is 0.368 e. The normalized spacial score (nSPS) is 11.6. The van der Waals surface area contributed by atoms with Crippen LogP contribution in [0.2, 0.25) is 0 Å². The summed E-state index contributed by atoms with van der Waals surface area (Å²) in [6.07, 6.45) is 3.62. The summed E-state index contributed by atoms with van der Waals surface area (Å²) in [5, 5.41) is 2.72. The van der Waals surface area contributed by atoms with E-state index in [1.807, 2.05) is 190 Å². The van der Waals surface area contributed by atoms with E-state index in [-0.39, 0.29) is 201 Å². The Kier molecular flexibility index (Phi) is 46.6. The molecule has 0 aromatic heterocycles. The summed E-state index contributed by atoms with van der Waals surface area (Å²) in [5.41, 5.74) is 13.9. The van der Waals surface area contributed by atoms with Gasteiger partial charge in [-0.3, -0.25) is 52.7 Å². The molecule has 0 unspecified atom stereocenters. The summed E-state index contributed by atoms with van der Waals surface area (Å²) in [7, 11) is 11.7. The number of rotatable bonds is 57.